The van der Waals surface area contributed by atoms with Crippen LogP contribution in [0.4, 0.5) is 0 Å². The third-order valence-corrected chi connectivity index (χ3v) is 6.42. The molecule has 2 bridgehead atoms. The quantitative estimate of drug-likeness (QED) is 0.218. The minimum absolute atomic E-state index is 0.0197. The van der Waals surface area contributed by atoms with Crippen molar-refractivity contribution in [3.05, 3.63) is 30.4 Å². The van der Waals surface area contributed by atoms with E-state index in [9.17, 15) is 9.59 Å². The Bertz CT molecular complexity index is 916. The lowest BCUT2D eigenvalue weighted by Crippen LogP contribution is -2.44. The van der Waals surface area contributed by atoms with Crippen molar-refractivity contribution in [3.63, 3.8) is 0 Å². The van der Waals surface area contributed by atoms with Crippen molar-refractivity contribution in [2.75, 3.05) is 40.1 Å². The highest BCUT2D eigenvalue weighted by Gasteiger charge is 2.58. The number of nitrogens with one attached hydrogen (secondary N) is 2. The molecule has 5 rings (SSSR count). The molecular weight excluding hydrogens is 400 g/mol. The summed E-state index contributed by atoms with van der Waals surface area (Å²) in [6.07, 6.45) is 5.16. The molecule has 2 fully saturated rings. The molecule has 2 aliphatic carbocycles. The normalized spacial score (nSPS) is 27.8. The zero-order valence-corrected chi connectivity index (χ0v) is 17.4. The summed E-state index contributed by atoms with van der Waals surface area (Å²) in [6.45, 7) is 1.99. The summed E-state index contributed by atoms with van der Waals surface area (Å²) < 4.78 is 16.3. The maximum Gasteiger partial charge on any atom is 0.233 e. The summed E-state index contributed by atoms with van der Waals surface area (Å²) in [5.74, 6) is 2.85. The van der Waals surface area contributed by atoms with Crippen molar-refractivity contribution >= 4 is 17.8 Å². The Kier molecular flexibility index (Phi) is 5.17. The van der Waals surface area contributed by atoms with Gasteiger partial charge in [-0.3, -0.25) is 19.5 Å². The predicted molar refractivity (Wildman–Crippen MR) is 112 cm³/mol. The fourth-order valence-electron chi connectivity index (χ4n) is 5.00. The molecule has 31 heavy (non-hydrogen) atoms. The fourth-order valence-corrected chi connectivity index (χ4v) is 5.00. The van der Waals surface area contributed by atoms with Crippen LogP contribution in [0.15, 0.2) is 35.3 Å². The van der Waals surface area contributed by atoms with Gasteiger partial charge < -0.3 is 24.8 Å². The molecular formula is C22H26N4O5. The number of aliphatic imine (C=N–C) groups is 1. The Labute approximate surface area is 180 Å². The standard InChI is InChI=1S/C22H26N4O5/c1-23-22(25-7-9-29-15-4-5-16-17(11-15)31-12-30-16)24-6-8-26-20(27)18-13-2-3-14(10-13)19(18)21(26)28/h2-5,11,13-14,18-19H,6-10,12H2,1H3,(H2,23,24,25). The number of rotatable bonds is 7. The highest BCUT2D eigenvalue weighted by molar-refractivity contribution is 6.06. The Morgan fingerprint density at radius 1 is 1.10 bits per heavy atom. The molecule has 1 saturated carbocycles. The van der Waals surface area contributed by atoms with E-state index in [0.29, 0.717) is 43.7 Å². The van der Waals surface area contributed by atoms with Crippen LogP contribution in [0.5, 0.6) is 17.2 Å². The fraction of sp³-hybridized carbons (Fsp3) is 0.500. The molecule has 0 spiro atoms. The number of hydrogen-bond donors (Lipinski definition) is 2. The number of fused-ring (bicyclic) bond motifs is 6. The molecule has 2 amide bonds. The number of guanidine groups is 1. The van der Waals surface area contributed by atoms with Crippen LogP contribution >= 0.6 is 0 Å². The Morgan fingerprint density at radius 3 is 2.55 bits per heavy atom. The zero-order chi connectivity index (χ0) is 21.4. The number of nitrogens with zero attached hydrogens (tertiary/aromatic N) is 2. The zero-order valence-electron chi connectivity index (χ0n) is 17.4. The van der Waals surface area contributed by atoms with E-state index in [0.717, 1.165) is 12.2 Å². The lowest BCUT2D eigenvalue weighted by Gasteiger charge is -2.18. The highest BCUT2D eigenvalue weighted by Crippen LogP contribution is 2.52. The van der Waals surface area contributed by atoms with E-state index in [2.05, 4.69) is 27.8 Å². The van der Waals surface area contributed by atoms with Crippen molar-refractivity contribution in [2.45, 2.75) is 6.42 Å². The van der Waals surface area contributed by atoms with E-state index < -0.39 is 0 Å². The van der Waals surface area contributed by atoms with Crippen LogP contribution in [0.25, 0.3) is 0 Å². The lowest BCUT2D eigenvalue weighted by molar-refractivity contribution is -0.140. The molecule has 0 radical (unpaired) electrons. The van der Waals surface area contributed by atoms with E-state index in [1.165, 1.54) is 4.90 Å². The first kappa shape index (κ1) is 19.7. The third-order valence-electron chi connectivity index (χ3n) is 6.42. The van der Waals surface area contributed by atoms with Crippen molar-refractivity contribution in [3.8, 4) is 17.2 Å². The average molecular weight is 426 g/mol. The number of hydrogen-bond acceptors (Lipinski definition) is 6. The van der Waals surface area contributed by atoms with Gasteiger partial charge in [0.05, 0.1) is 18.4 Å². The van der Waals surface area contributed by atoms with E-state index in [-0.39, 0.29) is 42.3 Å². The first-order valence-corrected chi connectivity index (χ1v) is 10.7. The largest absolute Gasteiger partial charge is 0.492 e. The highest BCUT2D eigenvalue weighted by atomic mass is 16.7. The van der Waals surface area contributed by atoms with Gasteiger partial charge in [0.25, 0.3) is 0 Å². The van der Waals surface area contributed by atoms with Crippen LogP contribution < -0.4 is 24.8 Å². The van der Waals surface area contributed by atoms with Gasteiger partial charge in [0.2, 0.25) is 18.6 Å². The predicted octanol–water partition coefficient (Wildman–Crippen LogP) is 0.766. The molecule has 2 N–H and O–H groups in total. The average Bonchev–Trinajstić information content (AvgIpc) is 3.55. The Morgan fingerprint density at radius 2 is 1.81 bits per heavy atom. The van der Waals surface area contributed by atoms with Crippen LogP contribution in [-0.2, 0) is 9.59 Å². The molecule has 0 aromatic heterocycles. The van der Waals surface area contributed by atoms with E-state index in [1.54, 1.807) is 13.1 Å². The van der Waals surface area contributed by atoms with Crippen molar-refractivity contribution < 1.29 is 23.8 Å². The van der Waals surface area contributed by atoms with Gasteiger partial charge in [-0.05, 0) is 30.4 Å². The second-order valence-electron chi connectivity index (χ2n) is 8.12. The molecule has 2 heterocycles. The van der Waals surface area contributed by atoms with Gasteiger partial charge >= 0.3 is 0 Å². The summed E-state index contributed by atoms with van der Waals surface area (Å²) in [5.41, 5.74) is 0. The number of carbonyl (C=O) groups excluding carboxylic acids is 2. The molecule has 164 valence electrons. The SMILES string of the molecule is CN=C(NCCOc1ccc2c(c1)OCO2)NCCN1C(=O)C2C3C=CC(C3)C2C1=O. The maximum atomic E-state index is 12.7. The summed E-state index contributed by atoms with van der Waals surface area (Å²) in [6, 6.07) is 5.46. The van der Waals surface area contributed by atoms with Gasteiger partial charge in [0.15, 0.2) is 17.5 Å². The second-order valence-corrected chi connectivity index (χ2v) is 8.12. The molecule has 4 atom stereocenters. The van der Waals surface area contributed by atoms with Crippen LogP contribution in [0.1, 0.15) is 6.42 Å². The van der Waals surface area contributed by atoms with Gasteiger partial charge in [0.1, 0.15) is 12.4 Å². The molecule has 2 aliphatic heterocycles. The van der Waals surface area contributed by atoms with Crippen molar-refractivity contribution in [2.24, 2.45) is 28.7 Å². The van der Waals surface area contributed by atoms with Crippen LogP contribution in [0.2, 0.25) is 0 Å². The number of likely N-dealkylation sites (tertiary alicyclic amines) is 1. The molecule has 9 nitrogen and oxygen atoms in total. The maximum absolute atomic E-state index is 12.7. The minimum atomic E-state index is -0.145. The van der Waals surface area contributed by atoms with Crippen LogP contribution in [0, 0.1) is 23.7 Å². The monoisotopic (exact) mass is 426 g/mol. The van der Waals surface area contributed by atoms with Gasteiger partial charge in [-0.2, -0.15) is 0 Å². The lowest BCUT2D eigenvalue weighted by atomic mass is 9.85. The van der Waals surface area contributed by atoms with Gasteiger partial charge in [-0.25, -0.2) is 0 Å². The number of imide groups is 1. The topological polar surface area (TPSA) is 101 Å². The van der Waals surface area contributed by atoms with Crippen molar-refractivity contribution in [1.82, 2.24) is 15.5 Å². The van der Waals surface area contributed by atoms with Gasteiger partial charge in [-0.15, -0.1) is 0 Å². The second kappa shape index (κ2) is 8.13. The smallest absolute Gasteiger partial charge is 0.233 e. The van der Waals surface area contributed by atoms with E-state index in [4.69, 9.17) is 14.2 Å². The summed E-state index contributed by atoms with van der Waals surface area (Å²) in [4.78, 5) is 31.0. The first-order chi connectivity index (χ1) is 15.2. The number of allylic oxidation sites excluding steroid dienone is 2. The number of ether oxygens (including phenoxy) is 3. The molecule has 4 unspecified atom stereocenters. The third kappa shape index (κ3) is 3.58. The Balaban J connectivity index is 1.04. The molecule has 1 saturated heterocycles. The molecule has 1 aromatic rings. The van der Waals surface area contributed by atoms with E-state index in [1.807, 2.05) is 12.1 Å². The van der Waals surface area contributed by atoms with Gasteiger partial charge in [-0.1, -0.05) is 12.2 Å². The van der Waals surface area contributed by atoms with Gasteiger partial charge in [0, 0.05) is 26.2 Å². The molecule has 9 heteroatoms. The Hall–Kier alpha value is -3.23. The summed E-state index contributed by atoms with van der Waals surface area (Å²) in [7, 11) is 1.67. The number of amides is 2. The number of benzene rings is 1. The molecule has 1 aromatic carbocycles. The van der Waals surface area contributed by atoms with Crippen molar-refractivity contribution in [1.29, 1.82) is 0 Å². The summed E-state index contributed by atoms with van der Waals surface area (Å²) >= 11 is 0. The molecule has 4 aliphatic rings. The first-order valence-electron chi connectivity index (χ1n) is 10.7. The summed E-state index contributed by atoms with van der Waals surface area (Å²) in [5, 5.41) is 6.32. The van der Waals surface area contributed by atoms with Crippen LogP contribution in [0.3, 0.4) is 0 Å². The number of carbonyl (C=O) groups is 2. The minimum Gasteiger partial charge on any atom is -0.492 e. The van der Waals surface area contributed by atoms with E-state index >= 15 is 0 Å². The van der Waals surface area contributed by atoms with Crippen LogP contribution in [-0.4, -0.2) is 62.8 Å².